The van der Waals surface area contributed by atoms with E-state index in [4.69, 9.17) is 20.8 Å². The predicted octanol–water partition coefficient (Wildman–Crippen LogP) is 2.33. The highest BCUT2D eigenvalue weighted by atomic mass is 16.6. The Labute approximate surface area is 196 Å². The van der Waals surface area contributed by atoms with Crippen molar-refractivity contribution in [1.82, 2.24) is 24.8 Å². The molecule has 1 unspecified atom stereocenters. The van der Waals surface area contributed by atoms with Crippen molar-refractivity contribution in [2.75, 3.05) is 18.9 Å². The molecule has 4 rings (SSSR count). The van der Waals surface area contributed by atoms with Crippen LogP contribution in [0.1, 0.15) is 37.9 Å². The van der Waals surface area contributed by atoms with Crippen LogP contribution in [0.2, 0.25) is 0 Å². The van der Waals surface area contributed by atoms with E-state index in [9.17, 15) is 5.11 Å². The number of ether oxygens (including phenoxy) is 1. The molecule has 0 aliphatic rings. The molecular weight excluding hydrogens is 434 g/mol. The van der Waals surface area contributed by atoms with Crippen LogP contribution in [0.25, 0.3) is 22.6 Å². The van der Waals surface area contributed by atoms with E-state index in [1.807, 2.05) is 41.8 Å². The Balaban J connectivity index is 1.79. The molecular formula is C24H27N7O3. The van der Waals surface area contributed by atoms with Gasteiger partial charge in [0.1, 0.15) is 16.8 Å². The Morgan fingerprint density at radius 2 is 1.97 bits per heavy atom. The van der Waals surface area contributed by atoms with Crippen LogP contribution in [0.4, 0.5) is 5.82 Å². The van der Waals surface area contributed by atoms with Gasteiger partial charge in [-0.25, -0.2) is 14.6 Å². The lowest BCUT2D eigenvalue weighted by atomic mass is 10.0. The van der Waals surface area contributed by atoms with Gasteiger partial charge in [0.05, 0.1) is 12.1 Å². The van der Waals surface area contributed by atoms with Gasteiger partial charge in [0.2, 0.25) is 5.88 Å². The van der Waals surface area contributed by atoms with Crippen LogP contribution in [-0.4, -0.2) is 48.7 Å². The second-order valence-corrected chi connectivity index (χ2v) is 8.32. The number of aromatic nitrogens is 5. The Morgan fingerprint density at radius 1 is 1.21 bits per heavy atom. The van der Waals surface area contributed by atoms with Crippen LogP contribution >= 0.6 is 0 Å². The zero-order valence-electron chi connectivity index (χ0n) is 19.3. The van der Waals surface area contributed by atoms with E-state index >= 15 is 0 Å². The van der Waals surface area contributed by atoms with Crippen LogP contribution in [0, 0.1) is 11.8 Å². The maximum Gasteiger partial charge on any atom is 0.216 e. The van der Waals surface area contributed by atoms with Gasteiger partial charge in [-0.15, -0.1) is 0 Å². The minimum Gasteiger partial charge on any atom is -0.477 e. The third-order valence-corrected chi connectivity index (χ3v) is 5.23. The van der Waals surface area contributed by atoms with Gasteiger partial charge in [0, 0.05) is 25.1 Å². The number of rotatable bonds is 7. The monoisotopic (exact) mass is 461 g/mol. The lowest BCUT2D eigenvalue weighted by Crippen LogP contribution is -2.20. The summed E-state index contributed by atoms with van der Waals surface area (Å²) in [4.78, 5) is 9.27. The number of nitrogens with zero attached hydrogens (tertiary/aromatic N) is 5. The van der Waals surface area contributed by atoms with Gasteiger partial charge in [-0.05, 0) is 42.6 Å². The van der Waals surface area contributed by atoms with Crippen molar-refractivity contribution in [2.24, 2.45) is 5.73 Å². The molecule has 0 saturated heterocycles. The van der Waals surface area contributed by atoms with Crippen LogP contribution in [0.15, 0.2) is 41.0 Å². The third-order valence-electron chi connectivity index (χ3n) is 5.23. The number of aliphatic hydroxyl groups is 1. The fourth-order valence-electron chi connectivity index (χ4n) is 3.53. The first-order chi connectivity index (χ1) is 16.3. The molecule has 1 atom stereocenters. The van der Waals surface area contributed by atoms with Crippen molar-refractivity contribution in [3.63, 3.8) is 0 Å². The molecule has 10 heteroatoms. The Bertz CT molecular complexity index is 1340. The minimum absolute atomic E-state index is 0.00254. The third kappa shape index (κ3) is 4.85. The number of aryl methyl sites for hydroxylation is 1. The molecule has 5 N–H and O–H groups in total. The zero-order valence-corrected chi connectivity index (χ0v) is 19.3. The molecule has 0 amide bonds. The molecule has 176 valence electrons. The summed E-state index contributed by atoms with van der Waals surface area (Å²) in [5.41, 5.74) is 13.8. The standard InChI is InChI=1S/C24H27N7O3/c1-4-31-18-12-19(33-14-16(13-25)15-8-6-5-7-9-15)27-17(10-11-24(2,3)32)20(18)28-23(31)21-22(26)30-34-29-21/h5-9,12,16,32H,4,13-14,25H2,1-3H3,(H2,26,30). The quantitative estimate of drug-likeness (QED) is 0.352. The summed E-state index contributed by atoms with van der Waals surface area (Å²) in [5, 5.41) is 17.7. The van der Waals surface area contributed by atoms with Crippen LogP contribution in [0.3, 0.4) is 0 Å². The van der Waals surface area contributed by atoms with Gasteiger partial charge in [-0.1, -0.05) is 36.3 Å². The second-order valence-electron chi connectivity index (χ2n) is 8.32. The van der Waals surface area contributed by atoms with Gasteiger partial charge in [0.25, 0.3) is 0 Å². The average Bonchev–Trinajstić information content (AvgIpc) is 3.40. The summed E-state index contributed by atoms with van der Waals surface area (Å²) in [7, 11) is 0. The van der Waals surface area contributed by atoms with Crippen molar-refractivity contribution in [3.05, 3.63) is 47.7 Å². The minimum atomic E-state index is -1.21. The smallest absolute Gasteiger partial charge is 0.216 e. The molecule has 0 saturated carbocycles. The van der Waals surface area contributed by atoms with E-state index in [1.54, 1.807) is 19.9 Å². The molecule has 4 aromatic rings. The number of nitrogen functional groups attached to an aromatic ring is 1. The fraction of sp³-hybridized carbons (Fsp3) is 0.333. The molecule has 0 spiro atoms. The number of anilines is 1. The number of hydrogen-bond acceptors (Lipinski definition) is 9. The van der Waals surface area contributed by atoms with Crippen molar-refractivity contribution >= 4 is 16.9 Å². The topological polar surface area (TPSA) is 151 Å². The molecule has 34 heavy (non-hydrogen) atoms. The Morgan fingerprint density at radius 3 is 2.59 bits per heavy atom. The zero-order chi connectivity index (χ0) is 24.3. The summed E-state index contributed by atoms with van der Waals surface area (Å²) in [6.07, 6.45) is 0. The summed E-state index contributed by atoms with van der Waals surface area (Å²) in [5.74, 6) is 6.72. The van der Waals surface area contributed by atoms with Crippen molar-refractivity contribution in [1.29, 1.82) is 0 Å². The van der Waals surface area contributed by atoms with Crippen LogP contribution in [0.5, 0.6) is 5.88 Å². The highest BCUT2D eigenvalue weighted by Crippen LogP contribution is 2.30. The second kappa shape index (κ2) is 9.51. The lowest BCUT2D eigenvalue weighted by Gasteiger charge is -2.16. The van der Waals surface area contributed by atoms with E-state index in [-0.39, 0.29) is 11.7 Å². The number of imidazole rings is 1. The van der Waals surface area contributed by atoms with E-state index in [1.165, 1.54) is 0 Å². The first-order valence-electron chi connectivity index (χ1n) is 10.9. The van der Waals surface area contributed by atoms with Gasteiger partial charge in [-0.2, -0.15) is 0 Å². The molecule has 3 heterocycles. The number of benzene rings is 1. The maximum atomic E-state index is 10.1. The van der Waals surface area contributed by atoms with Crippen molar-refractivity contribution in [2.45, 2.75) is 38.8 Å². The largest absolute Gasteiger partial charge is 0.477 e. The molecule has 0 radical (unpaired) electrons. The van der Waals surface area contributed by atoms with E-state index < -0.39 is 5.60 Å². The maximum absolute atomic E-state index is 10.1. The van der Waals surface area contributed by atoms with Gasteiger partial charge in [0.15, 0.2) is 17.3 Å². The summed E-state index contributed by atoms with van der Waals surface area (Å²) >= 11 is 0. The van der Waals surface area contributed by atoms with Crippen LogP contribution in [-0.2, 0) is 6.54 Å². The molecule has 0 aliphatic carbocycles. The summed E-state index contributed by atoms with van der Waals surface area (Å²) < 4.78 is 12.8. The SMILES string of the molecule is CCn1c(-c2nonc2N)nc2c(C#CC(C)(C)O)nc(OCC(CN)c3ccccc3)cc21. The van der Waals surface area contributed by atoms with Gasteiger partial charge in [-0.3, -0.25) is 0 Å². The van der Waals surface area contributed by atoms with Crippen LogP contribution < -0.4 is 16.2 Å². The average molecular weight is 462 g/mol. The Hall–Kier alpha value is -3.94. The first-order valence-corrected chi connectivity index (χ1v) is 10.9. The number of hydrogen-bond donors (Lipinski definition) is 3. The highest BCUT2D eigenvalue weighted by molar-refractivity contribution is 5.86. The normalized spacial score (nSPS) is 12.4. The molecule has 10 nitrogen and oxygen atoms in total. The molecule has 0 bridgehead atoms. The number of pyridine rings is 1. The first kappa shape index (κ1) is 23.2. The van der Waals surface area contributed by atoms with E-state index in [0.29, 0.717) is 48.3 Å². The molecule has 0 aliphatic heterocycles. The molecule has 1 aromatic carbocycles. The fourth-order valence-corrected chi connectivity index (χ4v) is 3.53. The predicted molar refractivity (Wildman–Crippen MR) is 128 cm³/mol. The summed E-state index contributed by atoms with van der Waals surface area (Å²) in [6.45, 7) is 6.49. The summed E-state index contributed by atoms with van der Waals surface area (Å²) in [6, 6.07) is 11.7. The highest BCUT2D eigenvalue weighted by Gasteiger charge is 2.22. The lowest BCUT2D eigenvalue weighted by molar-refractivity contribution is 0.143. The van der Waals surface area contributed by atoms with E-state index in [0.717, 1.165) is 11.1 Å². The van der Waals surface area contributed by atoms with Crippen molar-refractivity contribution in [3.8, 4) is 29.2 Å². The van der Waals surface area contributed by atoms with Gasteiger partial charge >= 0.3 is 0 Å². The number of fused-ring (bicyclic) bond motifs is 1. The van der Waals surface area contributed by atoms with E-state index in [2.05, 4.69) is 32.1 Å². The number of nitrogens with two attached hydrogens (primary N) is 2. The molecule has 3 aromatic heterocycles. The van der Waals surface area contributed by atoms with Crippen molar-refractivity contribution < 1.29 is 14.5 Å². The van der Waals surface area contributed by atoms with Gasteiger partial charge < -0.3 is 25.9 Å². The molecule has 0 fully saturated rings. The Kier molecular flexibility index (Phi) is 6.49.